The normalized spacial score (nSPS) is 29.8. The van der Waals surface area contributed by atoms with Crippen molar-refractivity contribution >= 4 is 28.0 Å². The molecule has 0 aliphatic carbocycles. The summed E-state index contributed by atoms with van der Waals surface area (Å²) in [4.78, 5) is 21.8. The molecule has 0 spiro atoms. The summed E-state index contributed by atoms with van der Waals surface area (Å²) < 4.78 is 9.33. The number of amides is 1. The van der Waals surface area contributed by atoms with Gasteiger partial charge in [0.25, 0.3) is 5.72 Å². The molecule has 0 aromatic heterocycles. The molecule has 1 N–H and O–H groups in total. The second kappa shape index (κ2) is 3.63. The van der Waals surface area contributed by atoms with E-state index in [1.54, 1.807) is 0 Å². The zero-order chi connectivity index (χ0) is 10.1. The molecule has 1 rings (SSSR count). The van der Waals surface area contributed by atoms with E-state index in [2.05, 4.69) is 26.0 Å². The first-order valence-electron chi connectivity index (χ1n) is 3.80. The Morgan fingerprint density at radius 1 is 1.69 bits per heavy atom. The van der Waals surface area contributed by atoms with E-state index in [0.717, 1.165) is 0 Å². The van der Waals surface area contributed by atoms with Crippen LogP contribution in [0.15, 0.2) is 0 Å². The zero-order valence-corrected chi connectivity index (χ0v) is 8.88. The number of hydrogen-bond acceptors (Lipinski definition) is 4. The number of rotatable bonds is 3. The lowest BCUT2D eigenvalue weighted by molar-refractivity contribution is -0.155. The van der Waals surface area contributed by atoms with Crippen molar-refractivity contribution in [2.75, 3.05) is 7.11 Å². The topological polar surface area (TPSA) is 64.6 Å². The average Bonchev–Trinajstić information content (AvgIpc) is 2.40. The highest BCUT2D eigenvalue weighted by molar-refractivity contribution is 9.09. The van der Waals surface area contributed by atoms with E-state index in [1.807, 2.05) is 6.92 Å². The minimum atomic E-state index is -1.37. The number of halogens is 1. The Labute approximate surface area is 83.9 Å². The number of cyclic esters (lactones) is 2. The Hall–Kier alpha value is -0.620. The molecule has 1 saturated heterocycles. The number of methoxy groups -OCH3 is 1. The number of carbonyl (C=O) groups excluding carboxylic acids is 2. The van der Waals surface area contributed by atoms with Gasteiger partial charge in [0.1, 0.15) is 0 Å². The summed E-state index contributed by atoms with van der Waals surface area (Å²) in [6.07, 6.45) is -0.145. The second-order valence-corrected chi connectivity index (χ2v) is 3.72. The zero-order valence-electron chi connectivity index (χ0n) is 7.30. The van der Waals surface area contributed by atoms with Gasteiger partial charge in [0, 0.05) is 7.11 Å². The molecule has 1 aliphatic heterocycles. The minimum absolute atomic E-state index is 0.302. The van der Waals surface area contributed by atoms with Crippen LogP contribution in [0, 0.1) is 0 Å². The molecular weight excluding hydrogens is 242 g/mol. The lowest BCUT2D eigenvalue weighted by atomic mass is 10.1. The largest absolute Gasteiger partial charge is 0.417 e. The van der Waals surface area contributed by atoms with Crippen LogP contribution in [-0.4, -0.2) is 29.7 Å². The van der Waals surface area contributed by atoms with Crippen molar-refractivity contribution < 1.29 is 19.1 Å². The third-order valence-electron chi connectivity index (χ3n) is 1.90. The molecule has 0 radical (unpaired) electrons. The average molecular weight is 252 g/mol. The van der Waals surface area contributed by atoms with Gasteiger partial charge in [-0.05, 0) is 6.42 Å². The standard InChI is InChI=1S/C7H10BrNO4/c1-3-4(8)7(12-2)5(10)13-6(11)9-7/h4H,3H2,1-2H3,(H,9,11). The maximum absolute atomic E-state index is 11.3. The fourth-order valence-electron chi connectivity index (χ4n) is 1.14. The van der Waals surface area contributed by atoms with Crippen molar-refractivity contribution in [3.8, 4) is 0 Å². The van der Waals surface area contributed by atoms with Gasteiger partial charge in [0.2, 0.25) is 0 Å². The van der Waals surface area contributed by atoms with E-state index in [-0.39, 0.29) is 4.83 Å². The van der Waals surface area contributed by atoms with Crippen LogP contribution < -0.4 is 5.32 Å². The number of hydrogen-bond donors (Lipinski definition) is 1. The minimum Gasteiger partial charge on any atom is -0.373 e. The van der Waals surface area contributed by atoms with Crippen LogP contribution in [0.5, 0.6) is 0 Å². The van der Waals surface area contributed by atoms with Crippen LogP contribution in [0.1, 0.15) is 13.3 Å². The molecule has 0 aromatic rings. The van der Waals surface area contributed by atoms with Crippen molar-refractivity contribution in [1.29, 1.82) is 0 Å². The number of esters is 1. The first-order chi connectivity index (χ1) is 6.06. The molecule has 1 aliphatic rings. The first-order valence-corrected chi connectivity index (χ1v) is 4.72. The lowest BCUT2D eigenvalue weighted by Gasteiger charge is -2.26. The summed E-state index contributed by atoms with van der Waals surface area (Å²) in [6, 6.07) is 0. The van der Waals surface area contributed by atoms with E-state index >= 15 is 0 Å². The maximum Gasteiger partial charge on any atom is 0.417 e. The van der Waals surface area contributed by atoms with Gasteiger partial charge in [-0.25, -0.2) is 9.59 Å². The molecule has 1 fully saturated rings. The fraction of sp³-hybridized carbons (Fsp3) is 0.714. The van der Waals surface area contributed by atoms with Gasteiger partial charge in [0.15, 0.2) is 0 Å². The van der Waals surface area contributed by atoms with Gasteiger partial charge >= 0.3 is 12.1 Å². The van der Waals surface area contributed by atoms with Crippen LogP contribution in [0.3, 0.4) is 0 Å². The van der Waals surface area contributed by atoms with Crippen LogP contribution in [0.25, 0.3) is 0 Å². The van der Waals surface area contributed by atoms with E-state index in [1.165, 1.54) is 7.11 Å². The summed E-state index contributed by atoms with van der Waals surface area (Å²) >= 11 is 3.25. The maximum atomic E-state index is 11.3. The van der Waals surface area contributed by atoms with Crippen molar-refractivity contribution in [3.05, 3.63) is 0 Å². The molecular formula is C7H10BrNO4. The molecule has 2 unspecified atom stereocenters. The predicted molar refractivity (Wildman–Crippen MR) is 47.4 cm³/mol. The molecule has 5 nitrogen and oxygen atoms in total. The summed E-state index contributed by atoms with van der Waals surface area (Å²) in [7, 11) is 1.34. The van der Waals surface area contributed by atoms with Crippen molar-refractivity contribution in [2.45, 2.75) is 23.9 Å². The smallest absolute Gasteiger partial charge is 0.373 e. The lowest BCUT2D eigenvalue weighted by Crippen LogP contribution is -2.54. The quantitative estimate of drug-likeness (QED) is 0.457. The van der Waals surface area contributed by atoms with Gasteiger partial charge in [-0.2, -0.15) is 0 Å². The molecule has 74 valence electrons. The summed E-state index contributed by atoms with van der Waals surface area (Å²) in [5.74, 6) is -0.705. The molecule has 0 aromatic carbocycles. The van der Waals surface area contributed by atoms with E-state index in [0.29, 0.717) is 6.42 Å². The van der Waals surface area contributed by atoms with Crippen molar-refractivity contribution in [2.24, 2.45) is 0 Å². The Morgan fingerprint density at radius 2 is 2.31 bits per heavy atom. The van der Waals surface area contributed by atoms with E-state index < -0.39 is 17.8 Å². The monoisotopic (exact) mass is 251 g/mol. The molecule has 0 bridgehead atoms. The number of alkyl halides is 1. The third kappa shape index (κ3) is 1.55. The van der Waals surface area contributed by atoms with Gasteiger partial charge in [-0.15, -0.1) is 0 Å². The van der Waals surface area contributed by atoms with Gasteiger partial charge in [0.05, 0.1) is 4.83 Å². The van der Waals surface area contributed by atoms with Crippen molar-refractivity contribution in [3.63, 3.8) is 0 Å². The second-order valence-electron chi connectivity index (χ2n) is 2.62. The summed E-state index contributed by atoms with van der Waals surface area (Å²) in [5.41, 5.74) is -1.37. The highest BCUT2D eigenvalue weighted by atomic mass is 79.9. The van der Waals surface area contributed by atoms with E-state index in [9.17, 15) is 9.59 Å². The Kier molecular flexibility index (Phi) is 2.92. The number of nitrogens with one attached hydrogen (secondary N) is 1. The van der Waals surface area contributed by atoms with Crippen LogP contribution >= 0.6 is 15.9 Å². The summed E-state index contributed by atoms with van der Waals surface area (Å²) in [5, 5.41) is 2.34. The SMILES string of the molecule is CCC(Br)C1(OC)NC(=O)OC1=O. The highest BCUT2D eigenvalue weighted by Gasteiger charge is 2.53. The predicted octanol–water partition coefficient (Wildman–Crippen LogP) is 0.769. The number of alkyl carbamates (subject to hydrolysis) is 1. The van der Waals surface area contributed by atoms with Gasteiger partial charge in [-0.1, -0.05) is 22.9 Å². The molecule has 2 atom stereocenters. The van der Waals surface area contributed by atoms with Crippen LogP contribution in [-0.2, 0) is 14.3 Å². The molecule has 1 heterocycles. The Bertz CT molecular complexity index is 245. The molecule has 6 heteroatoms. The van der Waals surface area contributed by atoms with Crippen LogP contribution in [0.4, 0.5) is 4.79 Å². The first kappa shape index (κ1) is 10.5. The molecule has 13 heavy (non-hydrogen) atoms. The fourth-order valence-corrected chi connectivity index (χ4v) is 1.63. The third-order valence-corrected chi connectivity index (χ3v) is 3.19. The molecule has 1 amide bonds. The summed E-state index contributed by atoms with van der Waals surface area (Å²) in [6.45, 7) is 1.86. The van der Waals surface area contributed by atoms with Gasteiger partial charge in [-0.3, -0.25) is 5.32 Å². The Morgan fingerprint density at radius 3 is 2.62 bits per heavy atom. The number of ether oxygens (including phenoxy) is 2. The van der Waals surface area contributed by atoms with Gasteiger partial charge < -0.3 is 9.47 Å². The Balaban J connectivity index is 2.93. The number of carbonyl (C=O) groups is 2. The van der Waals surface area contributed by atoms with Crippen molar-refractivity contribution in [1.82, 2.24) is 5.32 Å². The van der Waals surface area contributed by atoms with E-state index in [4.69, 9.17) is 4.74 Å². The molecule has 0 saturated carbocycles. The highest BCUT2D eigenvalue weighted by Crippen LogP contribution is 2.27. The van der Waals surface area contributed by atoms with Crippen LogP contribution in [0.2, 0.25) is 0 Å².